The average molecular weight is 292 g/mol. The molecule has 1 aromatic heterocycles. The molecule has 0 unspecified atom stereocenters. The number of nitrogens with zero attached hydrogens (tertiary/aromatic N) is 2. The van der Waals surface area contributed by atoms with E-state index >= 15 is 0 Å². The molecule has 0 saturated carbocycles. The number of methoxy groups -OCH3 is 3. The van der Waals surface area contributed by atoms with Gasteiger partial charge in [0, 0.05) is 12.6 Å². The van der Waals surface area contributed by atoms with Crippen molar-refractivity contribution in [3.05, 3.63) is 23.9 Å². The summed E-state index contributed by atoms with van der Waals surface area (Å²) in [5, 5.41) is 13.3. The van der Waals surface area contributed by atoms with E-state index in [-0.39, 0.29) is 5.69 Å². The zero-order valence-corrected chi connectivity index (χ0v) is 12.2. The van der Waals surface area contributed by atoms with Crippen LogP contribution in [0, 0.1) is 0 Å². The number of hydrogen-bond acceptors (Lipinski definition) is 5. The lowest BCUT2D eigenvalue weighted by Crippen LogP contribution is -2.04. The van der Waals surface area contributed by atoms with Crippen molar-refractivity contribution in [1.82, 2.24) is 9.78 Å². The Morgan fingerprint density at radius 3 is 2.05 bits per heavy atom. The fourth-order valence-electron chi connectivity index (χ4n) is 2.04. The number of rotatable bonds is 5. The maximum atomic E-state index is 11.1. The van der Waals surface area contributed by atoms with Crippen molar-refractivity contribution in [3.63, 3.8) is 0 Å². The van der Waals surface area contributed by atoms with Crippen LogP contribution in [-0.4, -0.2) is 42.2 Å². The lowest BCUT2D eigenvalue weighted by Gasteiger charge is -2.13. The summed E-state index contributed by atoms with van der Waals surface area (Å²) < 4.78 is 17.1. The van der Waals surface area contributed by atoms with Crippen LogP contribution in [0.2, 0.25) is 0 Å². The minimum absolute atomic E-state index is 0.0961. The van der Waals surface area contributed by atoms with E-state index in [4.69, 9.17) is 19.3 Å². The Labute approximate surface area is 121 Å². The summed E-state index contributed by atoms with van der Waals surface area (Å²) in [7, 11) is 6.12. The van der Waals surface area contributed by atoms with Crippen LogP contribution in [0.5, 0.6) is 17.2 Å². The molecule has 0 atom stereocenters. The van der Waals surface area contributed by atoms with E-state index in [9.17, 15) is 4.79 Å². The summed E-state index contributed by atoms with van der Waals surface area (Å²) in [4.78, 5) is 11.1. The molecule has 1 aromatic carbocycles. The molecule has 0 aliphatic rings. The fourth-order valence-corrected chi connectivity index (χ4v) is 2.04. The molecular weight excluding hydrogens is 276 g/mol. The number of aromatic carboxylic acids is 1. The summed E-state index contributed by atoms with van der Waals surface area (Å²) in [5.41, 5.74) is 1.28. The van der Waals surface area contributed by atoms with Crippen LogP contribution in [0.25, 0.3) is 11.3 Å². The van der Waals surface area contributed by atoms with Crippen LogP contribution < -0.4 is 14.2 Å². The second-order valence-corrected chi connectivity index (χ2v) is 4.26. The number of hydrogen-bond donors (Lipinski definition) is 1. The van der Waals surface area contributed by atoms with Gasteiger partial charge in [-0.3, -0.25) is 4.68 Å². The highest BCUT2D eigenvalue weighted by Crippen LogP contribution is 2.40. The number of benzene rings is 1. The molecule has 1 heterocycles. The quantitative estimate of drug-likeness (QED) is 0.905. The van der Waals surface area contributed by atoms with Gasteiger partial charge in [0.15, 0.2) is 11.5 Å². The minimum atomic E-state index is -1.04. The van der Waals surface area contributed by atoms with Crippen LogP contribution in [-0.2, 0) is 7.05 Å². The summed E-state index contributed by atoms with van der Waals surface area (Å²) in [6.45, 7) is 0. The molecule has 0 aliphatic heterocycles. The van der Waals surface area contributed by atoms with Gasteiger partial charge in [-0.25, -0.2) is 4.79 Å². The molecule has 2 rings (SSSR count). The first kappa shape index (κ1) is 14.7. The standard InChI is InChI=1S/C14H16N2O5/c1-16-10(14(17)18)7-9(15-16)8-5-11(19-2)13(21-4)12(6-8)20-3/h5-7H,1-4H3,(H,17,18). The van der Waals surface area contributed by atoms with Gasteiger partial charge in [0.1, 0.15) is 5.69 Å². The molecule has 0 saturated heterocycles. The number of ether oxygens (including phenoxy) is 3. The Morgan fingerprint density at radius 1 is 1.10 bits per heavy atom. The van der Waals surface area contributed by atoms with Crippen LogP contribution in [0.1, 0.15) is 10.5 Å². The lowest BCUT2D eigenvalue weighted by atomic mass is 10.1. The normalized spacial score (nSPS) is 10.3. The van der Waals surface area contributed by atoms with Gasteiger partial charge in [-0.2, -0.15) is 5.10 Å². The van der Waals surface area contributed by atoms with E-state index in [1.54, 1.807) is 19.2 Å². The Hall–Kier alpha value is -2.70. The van der Waals surface area contributed by atoms with E-state index in [1.165, 1.54) is 32.1 Å². The van der Waals surface area contributed by atoms with Gasteiger partial charge in [0.25, 0.3) is 0 Å². The van der Waals surface area contributed by atoms with E-state index in [2.05, 4.69) is 5.10 Å². The van der Waals surface area contributed by atoms with Gasteiger partial charge in [-0.1, -0.05) is 0 Å². The highest BCUT2D eigenvalue weighted by Gasteiger charge is 2.18. The Kier molecular flexibility index (Phi) is 4.02. The molecule has 0 radical (unpaired) electrons. The second kappa shape index (κ2) is 5.74. The molecule has 21 heavy (non-hydrogen) atoms. The summed E-state index contributed by atoms with van der Waals surface area (Å²) in [5.74, 6) is 0.394. The summed E-state index contributed by atoms with van der Waals surface area (Å²) >= 11 is 0. The highest BCUT2D eigenvalue weighted by atomic mass is 16.5. The van der Waals surface area contributed by atoms with Gasteiger partial charge in [0.2, 0.25) is 5.75 Å². The van der Waals surface area contributed by atoms with Crippen molar-refractivity contribution in [2.45, 2.75) is 0 Å². The molecule has 2 aromatic rings. The molecule has 0 aliphatic carbocycles. The second-order valence-electron chi connectivity index (χ2n) is 4.26. The fraction of sp³-hybridized carbons (Fsp3) is 0.286. The first-order valence-electron chi connectivity index (χ1n) is 6.09. The third-order valence-corrected chi connectivity index (χ3v) is 3.06. The minimum Gasteiger partial charge on any atom is -0.493 e. The van der Waals surface area contributed by atoms with Gasteiger partial charge in [-0.15, -0.1) is 0 Å². The van der Waals surface area contributed by atoms with Crippen LogP contribution in [0.15, 0.2) is 18.2 Å². The summed E-state index contributed by atoms with van der Waals surface area (Å²) in [6.07, 6.45) is 0. The number of carboxylic acid groups (broad SMARTS) is 1. The van der Waals surface area contributed by atoms with E-state index in [0.717, 1.165) is 0 Å². The molecule has 0 spiro atoms. The molecule has 7 heteroatoms. The van der Waals surface area contributed by atoms with Crippen molar-refractivity contribution >= 4 is 5.97 Å². The monoisotopic (exact) mass is 292 g/mol. The van der Waals surface area contributed by atoms with Gasteiger partial charge < -0.3 is 19.3 Å². The van der Waals surface area contributed by atoms with Crippen molar-refractivity contribution in [3.8, 4) is 28.5 Å². The molecule has 0 bridgehead atoms. The maximum Gasteiger partial charge on any atom is 0.354 e. The van der Waals surface area contributed by atoms with Crippen molar-refractivity contribution in [2.24, 2.45) is 7.05 Å². The van der Waals surface area contributed by atoms with Crippen molar-refractivity contribution in [1.29, 1.82) is 0 Å². The largest absolute Gasteiger partial charge is 0.493 e. The predicted octanol–water partition coefficient (Wildman–Crippen LogP) is 1.81. The third kappa shape index (κ3) is 2.62. The van der Waals surface area contributed by atoms with Crippen molar-refractivity contribution in [2.75, 3.05) is 21.3 Å². The van der Waals surface area contributed by atoms with Crippen LogP contribution >= 0.6 is 0 Å². The maximum absolute atomic E-state index is 11.1. The van der Waals surface area contributed by atoms with Crippen LogP contribution in [0.3, 0.4) is 0 Å². The molecule has 0 fully saturated rings. The van der Waals surface area contributed by atoms with Gasteiger partial charge >= 0.3 is 5.97 Å². The zero-order chi connectivity index (χ0) is 15.6. The number of carboxylic acids is 1. The van der Waals surface area contributed by atoms with E-state index in [0.29, 0.717) is 28.5 Å². The van der Waals surface area contributed by atoms with E-state index < -0.39 is 5.97 Å². The highest BCUT2D eigenvalue weighted by molar-refractivity contribution is 5.87. The number of aryl methyl sites for hydroxylation is 1. The third-order valence-electron chi connectivity index (χ3n) is 3.06. The van der Waals surface area contributed by atoms with Gasteiger partial charge in [0.05, 0.1) is 27.0 Å². The Balaban J connectivity index is 2.59. The lowest BCUT2D eigenvalue weighted by molar-refractivity contribution is 0.0685. The zero-order valence-electron chi connectivity index (χ0n) is 12.2. The summed E-state index contributed by atoms with van der Waals surface area (Å²) in [6, 6.07) is 4.92. The van der Waals surface area contributed by atoms with Gasteiger partial charge in [-0.05, 0) is 18.2 Å². The first-order chi connectivity index (χ1) is 10.0. The Bertz CT molecular complexity index is 653. The first-order valence-corrected chi connectivity index (χ1v) is 6.09. The molecule has 0 amide bonds. The molecule has 7 nitrogen and oxygen atoms in total. The molecular formula is C14H16N2O5. The average Bonchev–Trinajstić information content (AvgIpc) is 2.87. The molecule has 1 N–H and O–H groups in total. The topological polar surface area (TPSA) is 82.8 Å². The SMILES string of the molecule is COc1cc(-c2cc(C(=O)O)n(C)n2)cc(OC)c1OC. The van der Waals surface area contributed by atoms with Crippen molar-refractivity contribution < 1.29 is 24.1 Å². The van der Waals surface area contributed by atoms with Crippen LogP contribution in [0.4, 0.5) is 0 Å². The smallest absolute Gasteiger partial charge is 0.354 e. The Morgan fingerprint density at radius 2 is 1.67 bits per heavy atom. The van der Waals surface area contributed by atoms with E-state index in [1.807, 2.05) is 0 Å². The molecule has 112 valence electrons. The predicted molar refractivity (Wildman–Crippen MR) is 75.3 cm³/mol. The number of aromatic nitrogens is 2. The number of carbonyl (C=O) groups is 1.